The summed E-state index contributed by atoms with van der Waals surface area (Å²) in [5.41, 5.74) is -2.27. The van der Waals surface area contributed by atoms with Crippen LogP contribution in [-0.2, 0) is 18.9 Å². The molecule has 4 rings (SSSR count). The van der Waals surface area contributed by atoms with Crippen molar-refractivity contribution in [2.75, 3.05) is 7.05 Å². The van der Waals surface area contributed by atoms with Crippen LogP contribution in [-0.4, -0.2) is 32.9 Å². The molecule has 0 atom stereocenters. The molecule has 3 heterocycles. The minimum atomic E-state index is -4.97. The molecule has 1 aliphatic heterocycles. The maximum absolute atomic E-state index is 13.4. The van der Waals surface area contributed by atoms with Gasteiger partial charge in [0.1, 0.15) is 5.84 Å². The quantitative estimate of drug-likeness (QED) is 0.509. The fourth-order valence-corrected chi connectivity index (χ4v) is 4.00. The van der Waals surface area contributed by atoms with Crippen LogP contribution in [0.3, 0.4) is 0 Å². The predicted octanol–water partition coefficient (Wildman–Crippen LogP) is 5.34. The van der Waals surface area contributed by atoms with Crippen LogP contribution in [0.5, 0.6) is 0 Å². The zero-order valence-electron chi connectivity index (χ0n) is 16.6. The zero-order chi connectivity index (χ0) is 24.0. The number of alkyl halides is 6. The summed E-state index contributed by atoms with van der Waals surface area (Å²) in [5, 5.41) is 6.92. The number of amidine groups is 1. The standard InChI is InChI=1S/C20H13F6N5OS/c1-27-17-15(33-18(32)29-17)5-10-4-12-9-31(30-16(12)28-7-10)8-11-2-3-13(19(21,22)23)6-14(11)20(24,25)26/h2-7,9H,8H2,1H3,(H,27,29,32)/b15-5-. The van der Waals surface area contributed by atoms with E-state index in [0.717, 1.165) is 17.8 Å². The molecule has 1 amide bonds. The number of hydrogen-bond donors (Lipinski definition) is 1. The third-order valence-corrected chi connectivity index (χ3v) is 5.50. The van der Waals surface area contributed by atoms with Crippen molar-refractivity contribution in [3.8, 4) is 0 Å². The molecule has 0 aliphatic carbocycles. The number of hydrogen-bond acceptors (Lipinski definition) is 5. The average molecular weight is 485 g/mol. The number of pyridine rings is 1. The average Bonchev–Trinajstić information content (AvgIpc) is 3.28. The van der Waals surface area contributed by atoms with Gasteiger partial charge in [-0.05, 0) is 47.2 Å². The molecular formula is C20H13F6N5OS. The maximum Gasteiger partial charge on any atom is 0.416 e. The molecule has 1 saturated heterocycles. The molecule has 33 heavy (non-hydrogen) atoms. The Morgan fingerprint density at radius 2 is 1.91 bits per heavy atom. The Bertz CT molecular complexity index is 1310. The van der Waals surface area contributed by atoms with Crippen molar-refractivity contribution in [3.05, 3.63) is 63.8 Å². The van der Waals surface area contributed by atoms with Crippen molar-refractivity contribution in [2.45, 2.75) is 18.9 Å². The fourth-order valence-electron chi connectivity index (χ4n) is 3.22. The first-order valence-electron chi connectivity index (χ1n) is 9.22. The number of thioether (sulfide) groups is 1. The number of halogens is 6. The lowest BCUT2D eigenvalue weighted by atomic mass is 10.0. The smallest absolute Gasteiger partial charge is 0.300 e. The van der Waals surface area contributed by atoms with Crippen LogP contribution in [0.25, 0.3) is 17.1 Å². The van der Waals surface area contributed by atoms with Crippen molar-refractivity contribution in [1.29, 1.82) is 0 Å². The van der Waals surface area contributed by atoms with Crippen molar-refractivity contribution in [3.63, 3.8) is 0 Å². The van der Waals surface area contributed by atoms with E-state index in [9.17, 15) is 31.1 Å². The molecule has 1 aromatic carbocycles. The Balaban J connectivity index is 1.66. The van der Waals surface area contributed by atoms with E-state index in [2.05, 4.69) is 20.4 Å². The second-order valence-electron chi connectivity index (χ2n) is 6.97. The fraction of sp³-hybridized carbons (Fsp3) is 0.200. The molecule has 2 aromatic heterocycles. The third kappa shape index (κ3) is 4.87. The second-order valence-corrected chi connectivity index (χ2v) is 7.99. The third-order valence-electron chi connectivity index (χ3n) is 4.68. The lowest BCUT2D eigenvalue weighted by molar-refractivity contribution is -0.143. The highest BCUT2D eigenvalue weighted by atomic mass is 32.2. The SMILES string of the molecule is CN=C1NC(=O)S/C1=C\c1cnc2nn(Cc3ccc(C(F)(F)F)cc3C(F)(F)F)cc2c1. The molecule has 1 fully saturated rings. The van der Waals surface area contributed by atoms with Gasteiger partial charge in [0.15, 0.2) is 5.65 Å². The lowest BCUT2D eigenvalue weighted by Crippen LogP contribution is -2.18. The summed E-state index contributed by atoms with van der Waals surface area (Å²) in [6.45, 7) is -0.402. The Labute approximate surface area is 186 Å². The van der Waals surface area contributed by atoms with Crippen molar-refractivity contribution in [1.82, 2.24) is 20.1 Å². The van der Waals surface area contributed by atoms with Crippen LogP contribution in [0.15, 0.2) is 46.6 Å². The summed E-state index contributed by atoms with van der Waals surface area (Å²) in [5.74, 6) is 0.405. The van der Waals surface area contributed by atoms with Crippen molar-refractivity contribution < 1.29 is 31.1 Å². The molecule has 6 nitrogen and oxygen atoms in total. The largest absolute Gasteiger partial charge is 0.416 e. The number of aliphatic imine (C=N–C) groups is 1. The van der Waals surface area contributed by atoms with Crippen LogP contribution < -0.4 is 5.32 Å². The van der Waals surface area contributed by atoms with Gasteiger partial charge in [0.05, 0.1) is 22.6 Å². The van der Waals surface area contributed by atoms with E-state index in [0.29, 0.717) is 27.8 Å². The Morgan fingerprint density at radius 1 is 1.15 bits per heavy atom. The molecule has 1 N–H and O–H groups in total. The van der Waals surface area contributed by atoms with Crippen molar-refractivity contribution in [2.24, 2.45) is 4.99 Å². The van der Waals surface area contributed by atoms with Gasteiger partial charge in [-0.2, -0.15) is 31.4 Å². The number of aromatic nitrogens is 3. The summed E-state index contributed by atoms with van der Waals surface area (Å²) in [6.07, 6.45) is -5.27. The number of fused-ring (bicyclic) bond motifs is 1. The van der Waals surface area contributed by atoms with Crippen LogP contribution >= 0.6 is 11.8 Å². The summed E-state index contributed by atoms with van der Waals surface area (Å²) in [4.78, 5) is 20.3. The van der Waals surface area contributed by atoms with Gasteiger partial charge in [0.25, 0.3) is 5.24 Å². The second kappa shape index (κ2) is 8.21. The first-order chi connectivity index (χ1) is 15.4. The number of carbonyl (C=O) groups excluding carboxylic acids is 1. The zero-order valence-corrected chi connectivity index (χ0v) is 17.4. The molecule has 0 unspecified atom stereocenters. The predicted molar refractivity (Wildman–Crippen MR) is 111 cm³/mol. The molecule has 13 heteroatoms. The van der Waals surface area contributed by atoms with Crippen LogP contribution in [0.1, 0.15) is 22.3 Å². The number of benzene rings is 1. The first-order valence-corrected chi connectivity index (χ1v) is 10.0. The van der Waals surface area contributed by atoms with E-state index < -0.39 is 30.0 Å². The Kier molecular flexibility index (Phi) is 5.68. The molecule has 0 spiro atoms. The van der Waals surface area contributed by atoms with Crippen LogP contribution in [0.4, 0.5) is 31.1 Å². The summed E-state index contributed by atoms with van der Waals surface area (Å²) in [6, 6.07) is 3.18. The van der Waals surface area contributed by atoms with Gasteiger partial charge in [-0.15, -0.1) is 0 Å². The summed E-state index contributed by atoms with van der Waals surface area (Å²) in [7, 11) is 1.53. The number of nitrogens with one attached hydrogen (secondary N) is 1. The Morgan fingerprint density at radius 3 is 2.58 bits per heavy atom. The number of amides is 1. The minimum Gasteiger partial charge on any atom is -0.300 e. The van der Waals surface area contributed by atoms with Crippen LogP contribution in [0, 0.1) is 0 Å². The van der Waals surface area contributed by atoms with Gasteiger partial charge in [-0.25, -0.2) is 4.98 Å². The van der Waals surface area contributed by atoms with E-state index in [1.165, 1.54) is 24.1 Å². The molecular weight excluding hydrogens is 472 g/mol. The summed E-state index contributed by atoms with van der Waals surface area (Å²) < 4.78 is 80.0. The molecule has 1 aliphatic rings. The number of rotatable bonds is 3. The first kappa shape index (κ1) is 22.8. The molecule has 0 radical (unpaired) electrons. The minimum absolute atomic E-state index is 0.0998. The van der Waals surface area contributed by atoms with E-state index in [4.69, 9.17) is 0 Å². The van der Waals surface area contributed by atoms with Gasteiger partial charge in [0.2, 0.25) is 0 Å². The molecule has 0 bridgehead atoms. The van der Waals surface area contributed by atoms with E-state index in [1.54, 1.807) is 12.1 Å². The Hall–Kier alpha value is -3.35. The molecule has 0 saturated carbocycles. The highest BCUT2D eigenvalue weighted by Gasteiger charge is 2.38. The van der Waals surface area contributed by atoms with Gasteiger partial charge >= 0.3 is 12.4 Å². The normalized spacial score (nSPS) is 17.4. The van der Waals surface area contributed by atoms with E-state index in [1.807, 2.05) is 0 Å². The van der Waals surface area contributed by atoms with Gasteiger partial charge in [0, 0.05) is 24.8 Å². The van der Waals surface area contributed by atoms with Crippen LogP contribution in [0.2, 0.25) is 0 Å². The van der Waals surface area contributed by atoms with Gasteiger partial charge in [-0.3, -0.25) is 14.5 Å². The van der Waals surface area contributed by atoms with Gasteiger partial charge < -0.3 is 5.32 Å². The topological polar surface area (TPSA) is 72.2 Å². The number of carbonyl (C=O) groups is 1. The van der Waals surface area contributed by atoms with Gasteiger partial charge in [-0.1, -0.05) is 6.07 Å². The highest BCUT2D eigenvalue weighted by Crippen LogP contribution is 2.37. The van der Waals surface area contributed by atoms with E-state index >= 15 is 0 Å². The lowest BCUT2D eigenvalue weighted by Gasteiger charge is -2.16. The summed E-state index contributed by atoms with van der Waals surface area (Å²) >= 11 is 0.957. The monoisotopic (exact) mass is 485 g/mol. The maximum atomic E-state index is 13.4. The number of nitrogens with zero attached hydrogens (tertiary/aromatic N) is 4. The molecule has 172 valence electrons. The van der Waals surface area contributed by atoms with Crippen molar-refractivity contribution >= 4 is 39.9 Å². The highest BCUT2D eigenvalue weighted by molar-refractivity contribution is 8.18. The molecule has 3 aromatic rings. The van der Waals surface area contributed by atoms with E-state index in [-0.39, 0.29) is 22.5 Å².